The van der Waals surface area contributed by atoms with Crippen molar-refractivity contribution in [3.8, 4) is 11.4 Å². The standard InChI is InChI=1S/C39H41N9O7/c1-39(2,3)31-21-32(45-44-31)42-38(53)41-23-8-10-24(11-9-23)47-22-40-27-20-25(12-13-28(27)47)55-19-18-54-17-16-46(4)29-7-5-6-26-34(29)37(52)48(36(26)51)30-14-15-33(49)43-35(30)50/h5-13,20-22,30H,14-19H2,1-4H3,(H,43,49,50)(H3,41,42,44,45,53). The average molecular weight is 748 g/mol. The van der Waals surface area contributed by atoms with Gasteiger partial charge in [0.2, 0.25) is 11.8 Å². The van der Waals surface area contributed by atoms with E-state index in [2.05, 4.69) is 31.1 Å². The van der Waals surface area contributed by atoms with Crippen LogP contribution in [0.25, 0.3) is 16.7 Å². The highest BCUT2D eigenvalue weighted by Crippen LogP contribution is 2.34. The Morgan fingerprint density at radius 2 is 1.76 bits per heavy atom. The molecule has 0 bridgehead atoms. The minimum atomic E-state index is -1.03. The van der Waals surface area contributed by atoms with E-state index in [0.717, 1.165) is 27.3 Å². The van der Waals surface area contributed by atoms with Crippen molar-refractivity contribution in [1.29, 1.82) is 0 Å². The number of aromatic amines is 1. The van der Waals surface area contributed by atoms with Gasteiger partial charge in [-0.15, -0.1) is 0 Å². The van der Waals surface area contributed by atoms with Crippen LogP contribution < -0.4 is 25.6 Å². The summed E-state index contributed by atoms with van der Waals surface area (Å²) in [5.74, 6) is -1.02. The number of benzene rings is 3. The fourth-order valence-corrected chi connectivity index (χ4v) is 6.51. The number of carbonyl (C=O) groups is 5. The zero-order valence-corrected chi connectivity index (χ0v) is 30.8. The summed E-state index contributed by atoms with van der Waals surface area (Å²) in [5, 5.41) is 14.9. The van der Waals surface area contributed by atoms with Crippen LogP contribution in [0.1, 0.15) is 60.0 Å². The van der Waals surface area contributed by atoms with E-state index in [1.165, 1.54) is 0 Å². The Bertz CT molecular complexity index is 2290. The van der Waals surface area contributed by atoms with Crippen LogP contribution in [0.2, 0.25) is 0 Å². The van der Waals surface area contributed by atoms with Gasteiger partial charge in [0.1, 0.15) is 30.5 Å². The van der Waals surface area contributed by atoms with E-state index in [4.69, 9.17) is 9.47 Å². The molecule has 0 radical (unpaired) electrons. The first-order valence-electron chi connectivity index (χ1n) is 17.8. The van der Waals surface area contributed by atoms with Crippen LogP contribution in [0, 0.1) is 0 Å². The largest absolute Gasteiger partial charge is 0.491 e. The minimum absolute atomic E-state index is 0.0579. The number of nitrogens with one attached hydrogen (secondary N) is 4. The Hall–Kier alpha value is -6.55. The smallest absolute Gasteiger partial charge is 0.324 e. The highest BCUT2D eigenvalue weighted by atomic mass is 16.5. The van der Waals surface area contributed by atoms with Crippen molar-refractivity contribution >= 4 is 57.9 Å². The molecule has 16 heteroatoms. The van der Waals surface area contributed by atoms with Crippen LogP contribution in [0.5, 0.6) is 5.75 Å². The molecule has 1 saturated heterocycles. The molecule has 6 amide bonds. The Kier molecular flexibility index (Phi) is 10.1. The summed E-state index contributed by atoms with van der Waals surface area (Å²) in [7, 11) is 1.80. The quantitative estimate of drug-likeness (QED) is 0.103. The molecule has 4 N–H and O–H groups in total. The average Bonchev–Trinajstić information content (AvgIpc) is 3.87. The first-order valence-corrected chi connectivity index (χ1v) is 17.8. The molecule has 1 fully saturated rings. The number of anilines is 3. The third kappa shape index (κ3) is 7.75. The lowest BCUT2D eigenvalue weighted by atomic mass is 9.92. The van der Waals surface area contributed by atoms with Crippen LogP contribution in [-0.4, -0.2) is 93.8 Å². The van der Waals surface area contributed by atoms with Crippen molar-refractivity contribution in [2.75, 3.05) is 48.9 Å². The maximum absolute atomic E-state index is 13.4. The van der Waals surface area contributed by atoms with E-state index in [-0.39, 0.29) is 35.4 Å². The van der Waals surface area contributed by atoms with Crippen molar-refractivity contribution in [2.45, 2.75) is 45.1 Å². The first-order chi connectivity index (χ1) is 26.4. The minimum Gasteiger partial charge on any atom is -0.491 e. The van der Waals surface area contributed by atoms with Gasteiger partial charge in [0.15, 0.2) is 0 Å². The monoisotopic (exact) mass is 747 g/mol. The van der Waals surface area contributed by atoms with E-state index in [1.807, 2.05) is 78.8 Å². The number of carbonyl (C=O) groups excluding carboxylic acids is 5. The second-order valence-corrected chi connectivity index (χ2v) is 14.3. The number of aromatic nitrogens is 4. The number of nitrogens with zero attached hydrogens (tertiary/aromatic N) is 5. The lowest BCUT2D eigenvalue weighted by Gasteiger charge is -2.28. The number of H-pyrrole nitrogens is 1. The van der Waals surface area contributed by atoms with Crippen LogP contribution in [0.3, 0.4) is 0 Å². The van der Waals surface area contributed by atoms with Crippen molar-refractivity contribution in [3.05, 3.63) is 89.9 Å². The van der Waals surface area contributed by atoms with Gasteiger partial charge in [-0.2, -0.15) is 5.10 Å². The molecule has 0 spiro atoms. The van der Waals surface area contributed by atoms with Gasteiger partial charge in [0.25, 0.3) is 11.8 Å². The summed E-state index contributed by atoms with van der Waals surface area (Å²) in [4.78, 5) is 70.5. The number of piperidine rings is 1. The van der Waals surface area contributed by atoms with Gasteiger partial charge in [-0.3, -0.25) is 44.4 Å². The molecular weight excluding hydrogens is 706 g/mol. The molecular formula is C39H41N9O7. The summed E-state index contributed by atoms with van der Waals surface area (Å²) in [6.45, 7) is 7.50. The molecule has 0 saturated carbocycles. The summed E-state index contributed by atoms with van der Waals surface area (Å²) in [5.41, 5.74) is 4.84. The van der Waals surface area contributed by atoms with Gasteiger partial charge in [-0.05, 0) is 55.0 Å². The third-order valence-electron chi connectivity index (χ3n) is 9.44. The number of fused-ring (bicyclic) bond motifs is 2. The second kappa shape index (κ2) is 15.1. The van der Waals surface area contributed by atoms with Crippen molar-refractivity contribution < 1.29 is 33.4 Å². The molecule has 0 aliphatic carbocycles. The van der Waals surface area contributed by atoms with Crippen LogP contribution in [0.15, 0.2) is 73.1 Å². The maximum atomic E-state index is 13.4. The van der Waals surface area contributed by atoms with Crippen molar-refractivity contribution in [2.24, 2.45) is 0 Å². The van der Waals surface area contributed by atoms with Gasteiger partial charge in [-0.1, -0.05) is 26.8 Å². The Morgan fingerprint density at radius 3 is 2.51 bits per heavy atom. The zero-order chi connectivity index (χ0) is 38.9. The number of ether oxygens (including phenoxy) is 2. The van der Waals surface area contributed by atoms with E-state index in [9.17, 15) is 24.0 Å². The van der Waals surface area contributed by atoms with E-state index >= 15 is 0 Å². The first kappa shape index (κ1) is 36.8. The summed E-state index contributed by atoms with van der Waals surface area (Å²) < 4.78 is 13.7. The van der Waals surface area contributed by atoms with Crippen LogP contribution in [-0.2, 0) is 19.7 Å². The van der Waals surface area contributed by atoms with Crippen LogP contribution in [0.4, 0.5) is 22.0 Å². The molecule has 16 nitrogen and oxygen atoms in total. The van der Waals surface area contributed by atoms with Crippen molar-refractivity contribution in [3.63, 3.8) is 0 Å². The molecule has 55 heavy (non-hydrogen) atoms. The molecule has 7 rings (SSSR count). The number of imide groups is 2. The van der Waals surface area contributed by atoms with E-state index in [0.29, 0.717) is 49.3 Å². The maximum Gasteiger partial charge on any atom is 0.324 e. The van der Waals surface area contributed by atoms with Crippen molar-refractivity contribution in [1.82, 2.24) is 30.0 Å². The topological polar surface area (TPSA) is 193 Å². The Balaban J connectivity index is 0.874. The molecule has 1 atom stereocenters. The molecule has 1 unspecified atom stereocenters. The molecule has 2 aromatic heterocycles. The molecule has 2 aliphatic heterocycles. The predicted molar refractivity (Wildman–Crippen MR) is 204 cm³/mol. The molecule has 5 aromatic rings. The van der Waals surface area contributed by atoms with E-state index in [1.54, 1.807) is 31.6 Å². The number of imidazole rings is 1. The zero-order valence-electron chi connectivity index (χ0n) is 30.8. The number of urea groups is 1. The Labute approximate surface area is 316 Å². The second-order valence-electron chi connectivity index (χ2n) is 14.3. The number of rotatable bonds is 12. The van der Waals surface area contributed by atoms with Gasteiger partial charge < -0.3 is 19.7 Å². The SMILES string of the molecule is CN(CCOCCOc1ccc2c(c1)ncn2-c1ccc(NC(=O)Nc2cc(C(C)(C)C)n[nH]2)cc1)c1cccc2c1C(=O)N(C1CCC(=O)NC1=O)C2=O. The summed E-state index contributed by atoms with van der Waals surface area (Å²) in [6, 6.07) is 18.5. The predicted octanol–water partition coefficient (Wildman–Crippen LogP) is 4.62. The fraction of sp³-hybridized carbons (Fsp3) is 0.308. The van der Waals surface area contributed by atoms with Gasteiger partial charge in [0, 0.05) is 48.9 Å². The lowest BCUT2D eigenvalue weighted by molar-refractivity contribution is -0.136. The number of hydrogen-bond donors (Lipinski definition) is 4. The summed E-state index contributed by atoms with van der Waals surface area (Å²) in [6.07, 6.45) is 1.88. The fourth-order valence-electron chi connectivity index (χ4n) is 6.51. The molecule has 3 aromatic carbocycles. The number of amides is 6. The lowest BCUT2D eigenvalue weighted by Crippen LogP contribution is -2.54. The van der Waals surface area contributed by atoms with Gasteiger partial charge >= 0.3 is 6.03 Å². The number of hydrogen-bond acceptors (Lipinski definition) is 10. The highest BCUT2D eigenvalue weighted by Gasteiger charge is 2.45. The Morgan fingerprint density at radius 1 is 0.964 bits per heavy atom. The summed E-state index contributed by atoms with van der Waals surface area (Å²) >= 11 is 0. The molecule has 4 heterocycles. The molecule has 2 aliphatic rings. The highest BCUT2D eigenvalue weighted by molar-refractivity contribution is 6.25. The molecule has 284 valence electrons. The normalized spacial score (nSPS) is 15.6. The van der Waals surface area contributed by atoms with Gasteiger partial charge in [0.05, 0.1) is 46.8 Å². The van der Waals surface area contributed by atoms with E-state index < -0.39 is 29.7 Å². The van der Waals surface area contributed by atoms with Gasteiger partial charge in [-0.25, -0.2) is 9.78 Å². The van der Waals surface area contributed by atoms with Crippen LogP contribution >= 0.6 is 0 Å². The number of likely N-dealkylation sites (N-methyl/N-ethyl adjacent to an activating group) is 1. The third-order valence-corrected chi connectivity index (χ3v) is 9.44.